The second kappa shape index (κ2) is 11.9. The van der Waals surface area contributed by atoms with Crippen LogP contribution in [0.15, 0.2) is 121 Å². The number of anilines is 2. The number of hydrogen-bond acceptors (Lipinski definition) is 2. The van der Waals surface area contributed by atoms with Gasteiger partial charge in [-0.3, -0.25) is 0 Å². The molecule has 0 aliphatic carbocycles. The van der Waals surface area contributed by atoms with Crippen LogP contribution in [0.4, 0.5) is 11.4 Å². The average molecular weight is 733 g/mol. The van der Waals surface area contributed by atoms with Gasteiger partial charge in [0.2, 0.25) is 0 Å². The number of rotatable bonds is 6. The maximum atomic E-state index is 8.33. The van der Waals surface area contributed by atoms with E-state index in [0.717, 1.165) is 5.75 Å². The third-order valence-electron chi connectivity index (χ3n) is 9.88. The zero-order valence-electron chi connectivity index (χ0n) is 30.0. The molecule has 0 saturated heterocycles. The van der Waals surface area contributed by atoms with E-state index < -0.39 is 18.1 Å². The molecular formula is C44H52NOSb. The second-order valence-corrected chi connectivity index (χ2v) is 27.6. The second-order valence-electron chi connectivity index (χ2n) is 15.9. The molecular weight excluding hydrogens is 680 g/mol. The standard InChI is InChI=1S/C26H38NO.3C6H5.Sb/c1-16(2)19-12-11-13-20(17(3)4)23(19)27-22-15-18(25(5,6)7)14-21(24(22)28)26(8,9)10;3*1-2-4-6-5-3-1;/h11-17,28H,1-10H3;3*1-5H;/q-1;;;;+2/p-1. The van der Waals surface area contributed by atoms with Gasteiger partial charge in [-0.05, 0) is 0 Å². The summed E-state index contributed by atoms with van der Waals surface area (Å²) in [6.07, 6.45) is 0. The van der Waals surface area contributed by atoms with Gasteiger partial charge in [0.05, 0.1) is 0 Å². The summed E-state index contributed by atoms with van der Waals surface area (Å²) in [7, 11) is 0. The van der Waals surface area contributed by atoms with Crippen LogP contribution >= 0.6 is 0 Å². The van der Waals surface area contributed by atoms with Gasteiger partial charge in [-0.15, -0.1) is 0 Å². The molecule has 5 aromatic carbocycles. The maximum absolute atomic E-state index is 8.33. The molecule has 0 amide bonds. The van der Waals surface area contributed by atoms with Gasteiger partial charge in [0.25, 0.3) is 0 Å². The number of fused-ring (bicyclic) bond motifs is 1. The summed E-state index contributed by atoms with van der Waals surface area (Å²) in [5.74, 6) is 1.64. The molecule has 0 aromatic heterocycles. The Kier molecular flexibility index (Phi) is 8.45. The molecule has 1 heterocycles. The zero-order valence-corrected chi connectivity index (χ0v) is 32.6. The summed E-state index contributed by atoms with van der Waals surface area (Å²) in [5, 5.41) is 0. The van der Waals surface area contributed by atoms with Crippen LogP contribution in [0.5, 0.6) is 5.75 Å². The molecule has 2 nitrogen and oxygen atoms in total. The fourth-order valence-corrected chi connectivity index (χ4v) is 24.2. The fraction of sp³-hybridized carbons (Fsp3) is 0.318. The van der Waals surface area contributed by atoms with E-state index in [1.54, 1.807) is 0 Å². The van der Waals surface area contributed by atoms with Crippen molar-refractivity contribution in [1.29, 1.82) is 0 Å². The monoisotopic (exact) mass is 731 g/mol. The molecule has 5 aromatic rings. The number of benzene rings is 5. The van der Waals surface area contributed by atoms with Crippen molar-refractivity contribution >= 4 is 40.0 Å². The summed E-state index contributed by atoms with van der Waals surface area (Å²) in [6, 6.07) is 45.5. The third kappa shape index (κ3) is 5.14. The van der Waals surface area contributed by atoms with Gasteiger partial charge in [0, 0.05) is 0 Å². The molecule has 0 saturated carbocycles. The van der Waals surface area contributed by atoms with E-state index in [-0.39, 0.29) is 10.8 Å². The van der Waals surface area contributed by atoms with E-state index in [1.165, 1.54) is 44.2 Å². The van der Waals surface area contributed by atoms with Crippen LogP contribution in [0.3, 0.4) is 0 Å². The van der Waals surface area contributed by atoms with E-state index in [9.17, 15) is 0 Å². The average Bonchev–Trinajstić information content (AvgIpc) is 3.37. The molecule has 3 heteroatoms. The molecule has 0 atom stereocenters. The van der Waals surface area contributed by atoms with Crippen molar-refractivity contribution < 1.29 is 3.02 Å². The molecule has 0 fully saturated rings. The van der Waals surface area contributed by atoms with Gasteiger partial charge in [-0.25, -0.2) is 0 Å². The van der Waals surface area contributed by atoms with Crippen molar-refractivity contribution in [2.24, 2.45) is 0 Å². The fourth-order valence-electron chi connectivity index (χ4n) is 7.41. The van der Waals surface area contributed by atoms with E-state index in [4.69, 9.17) is 3.02 Å². The van der Waals surface area contributed by atoms with E-state index >= 15 is 0 Å². The van der Waals surface area contributed by atoms with Crippen molar-refractivity contribution in [3.05, 3.63) is 144 Å². The molecule has 0 bridgehead atoms. The van der Waals surface area contributed by atoms with Crippen LogP contribution in [-0.4, -0.2) is 18.1 Å². The van der Waals surface area contributed by atoms with Gasteiger partial charge in [-0.1, -0.05) is 0 Å². The first kappa shape index (κ1) is 33.4. The Bertz CT molecular complexity index is 1750. The van der Waals surface area contributed by atoms with Gasteiger partial charge >= 0.3 is 287 Å². The van der Waals surface area contributed by atoms with Gasteiger partial charge < -0.3 is 0 Å². The third-order valence-corrected chi connectivity index (χ3v) is 25.5. The van der Waals surface area contributed by atoms with E-state index in [0.29, 0.717) is 11.8 Å². The topological polar surface area (TPSA) is 12.5 Å². The summed E-state index contributed by atoms with van der Waals surface area (Å²) in [6.45, 7) is 23.3. The number of hydrogen-bond donors (Lipinski definition) is 0. The van der Waals surface area contributed by atoms with Crippen molar-refractivity contribution in [1.82, 2.24) is 0 Å². The molecule has 6 rings (SSSR count). The van der Waals surface area contributed by atoms with E-state index in [1.807, 2.05) is 0 Å². The number of para-hydroxylation sites is 1. The minimum atomic E-state index is -5.36. The quantitative estimate of drug-likeness (QED) is 0.161. The van der Waals surface area contributed by atoms with Crippen LogP contribution in [0.25, 0.3) is 0 Å². The molecule has 244 valence electrons. The molecule has 0 unspecified atom stereocenters. The molecule has 1 aliphatic heterocycles. The van der Waals surface area contributed by atoms with Crippen molar-refractivity contribution in [3.8, 4) is 5.75 Å². The SMILES string of the molecule is CC(C)c1cccc(C(C)C)c1[N]1c2cc(C(C)(C)C)cc(C(C)(C)C)c2[O][Sb]1([c]1ccccc1)([c]1ccccc1)[c]1ccccc1. The first-order valence-corrected chi connectivity index (χ1v) is 23.2. The van der Waals surface area contributed by atoms with Crippen LogP contribution in [-0.2, 0) is 10.8 Å². The Morgan fingerprint density at radius 3 is 1.32 bits per heavy atom. The normalized spacial score (nSPS) is 16.4. The van der Waals surface area contributed by atoms with Crippen LogP contribution < -0.4 is 16.6 Å². The van der Waals surface area contributed by atoms with Gasteiger partial charge in [0.1, 0.15) is 0 Å². The van der Waals surface area contributed by atoms with Gasteiger partial charge in [0.15, 0.2) is 0 Å². The molecule has 0 spiro atoms. The van der Waals surface area contributed by atoms with Crippen LogP contribution in [0, 0.1) is 0 Å². The predicted molar refractivity (Wildman–Crippen MR) is 205 cm³/mol. The predicted octanol–water partition coefficient (Wildman–Crippen LogP) is 10.2. The zero-order chi connectivity index (χ0) is 33.8. The summed E-state index contributed by atoms with van der Waals surface area (Å²) < 4.78 is 14.9. The first-order chi connectivity index (χ1) is 22.2. The molecule has 1 aliphatic rings. The summed E-state index contributed by atoms with van der Waals surface area (Å²) >= 11 is -5.36. The Labute approximate surface area is 285 Å². The van der Waals surface area contributed by atoms with Crippen molar-refractivity contribution in [2.75, 3.05) is 3.06 Å². The minimum absolute atomic E-state index is 0.0572. The summed E-state index contributed by atoms with van der Waals surface area (Å²) in [5.41, 5.74) is 7.58. The number of nitrogens with zero attached hydrogens (tertiary/aromatic N) is 1. The first-order valence-electron chi connectivity index (χ1n) is 17.2. The Morgan fingerprint density at radius 1 is 0.532 bits per heavy atom. The Hall–Kier alpha value is -3.48. The van der Waals surface area contributed by atoms with Gasteiger partial charge in [-0.2, -0.15) is 0 Å². The van der Waals surface area contributed by atoms with Crippen molar-refractivity contribution in [3.63, 3.8) is 0 Å². The molecule has 0 N–H and O–H groups in total. The van der Waals surface area contributed by atoms with Crippen molar-refractivity contribution in [2.45, 2.75) is 91.9 Å². The Morgan fingerprint density at radius 2 is 0.957 bits per heavy atom. The van der Waals surface area contributed by atoms with Crippen LogP contribution in [0.2, 0.25) is 0 Å². The molecule has 47 heavy (non-hydrogen) atoms. The molecule has 0 radical (unpaired) electrons. The van der Waals surface area contributed by atoms with Crippen LogP contribution in [0.1, 0.15) is 103 Å². The Balaban J connectivity index is 1.99. The summed E-state index contributed by atoms with van der Waals surface area (Å²) in [4.78, 5) is 0. The van der Waals surface area contributed by atoms with E-state index in [2.05, 4.69) is 194 Å².